The molecule has 0 aliphatic rings. The zero-order valence-corrected chi connectivity index (χ0v) is 12.2. The second-order valence-electron chi connectivity index (χ2n) is 5.05. The summed E-state index contributed by atoms with van der Waals surface area (Å²) >= 11 is 0. The molecule has 0 atom stereocenters. The number of benzene rings is 1. The molecule has 1 aromatic carbocycles. The van der Waals surface area contributed by atoms with Gasteiger partial charge in [0.05, 0.1) is 0 Å². The number of hydrogen-bond donors (Lipinski definition) is 2. The zero-order valence-electron chi connectivity index (χ0n) is 12.2. The highest BCUT2D eigenvalue weighted by molar-refractivity contribution is 5.86. The van der Waals surface area contributed by atoms with E-state index in [-0.39, 0.29) is 25.1 Å². The molecule has 0 bridgehead atoms. The Morgan fingerprint density at radius 1 is 1.32 bits per heavy atom. The minimum absolute atomic E-state index is 0.102. The molecule has 0 aliphatic heterocycles. The summed E-state index contributed by atoms with van der Waals surface area (Å²) in [5, 5.41) is 10.0. The van der Waals surface area contributed by atoms with Crippen molar-refractivity contribution in [3.63, 3.8) is 0 Å². The number of aliphatic carboxylic acids is 1. The molecular formula is C15H17N3O4. The van der Waals surface area contributed by atoms with E-state index in [0.29, 0.717) is 11.1 Å². The number of carboxylic acid groups (broad SMARTS) is 1. The molecule has 1 amide bonds. The van der Waals surface area contributed by atoms with Crippen LogP contribution in [0.2, 0.25) is 0 Å². The highest BCUT2D eigenvalue weighted by Gasteiger charge is 2.09. The maximum absolute atomic E-state index is 12.3. The molecule has 0 fully saturated rings. The summed E-state index contributed by atoms with van der Waals surface area (Å²) in [7, 11) is 1.67. The zero-order chi connectivity index (χ0) is 16.3. The van der Waals surface area contributed by atoms with E-state index in [0.717, 1.165) is 5.39 Å². The minimum atomic E-state index is -0.926. The maximum Gasteiger partial charge on any atom is 0.323 e. The normalized spacial score (nSPS) is 10.6. The van der Waals surface area contributed by atoms with Crippen LogP contribution in [0.1, 0.15) is 6.42 Å². The maximum atomic E-state index is 12.3. The Balaban J connectivity index is 2.36. The Kier molecular flexibility index (Phi) is 4.45. The second kappa shape index (κ2) is 6.30. The number of anilines is 1. The Morgan fingerprint density at radius 2 is 2.05 bits per heavy atom. The standard InChI is InChI=1S/C15H17N3O4/c1-17(9-14(20)21)11-2-3-12-10(8-11)4-6-18(15(12)22)7-5-13(16)19/h2-4,6,8H,5,7,9H2,1H3,(H2,16,19)(H,20,21). The predicted molar refractivity (Wildman–Crippen MR) is 82.9 cm³/mol. The first-order valence-electron chi connectivity index (χ1n) is 6.73. The van der Waals surface area contributed by atoms with E-state index < -0.39 is 11.9 Å². The number of nitrogens with two attached hydrogens (primary N) is 1. The molecule has 0 unspecified atom stereocenters. The SMILES string of the molecule is CN(CC(=O)O)c1ccc2c(=O)n(CCC(N)=O)ccc2c1. The van der Waals surface area contributed by atoms with Crippen molar-refractivity contribution in [3.8, 4) is 0 Å². The summed E-state index contributed by atoms with van der Waals surface area (Å²) in [5.74, 6) is -1.39. The van der Waals surface area contributed by atoms with Crippen molar-refractivity contribution in [2.24, 2.45) is 5.73 Å². The fourth-order valence-electron chi connectivity index (χ4n) is 2.21. The van der Waals surface area contributed by atoms with Crippen molar-refractivity contribution < 1.29 is 14.7 Å². The molecule has 0 saturated heterocycles. The number of carbonyl (C=O) groups is 2. The molecular weight excluding hydrogens is 286 g/mol. The van der Waals surface area contributed by atoms with Crippen LogP contribution in [0, 0.1) is 0 Å². The van der Waals surface area contributed by atoms with Crippen LogP contribution in [0.15, 0.2) is 35.3 Å². The molecule has 0 radical (unpaired) electrons. The van der Waals surface area contributed by atoms with Gasteiger partial charge in [-0.15, -0.1) is 0 Å². The Morgan fingerprint density at radius 3 is 2.68 bits per heavy atom. The highest BCUT2D eigenvalue weighted by Crippen LogP contribution is 2.19. The fourth-order valence-corrected chi connectivity index (χ4v) is 2.21. The van der Waals surface area contributed by atoms with Crippen molar-refractivity contribution in [2.45, 2.75) is 13.0 Å². The minimum Gasteiger partial charge on any atom is -0.480 e. The number of carbonyl (C=O) groups excluding carboxylic acids is 1. The molecule has 1 heterocycles. The summed E-state index contributed by atoms with van der Waals surface area (Å²) in [5.41, 5.74) is 5.60. The highest BCUT2D eigenvalue weighted by atomic mass is 16.4. The number of carboxylic acids is 1. The molecule has 116 valence electrons. The van der Waals surface area contributed by atoms with Crippen molar-refractivity contribution in [1.29, 1.82) is 0 Å². The molecule has 22 heavy (non-hydrogen) atoms. The number of rotatable bonds is 6. The molecule has 0 spiro atoms. The number of hydrogen-bond acceptors (Lipinski definition) is 4. The molecule has 3 N–H and O–H groups in total. The topological polar surface area (TPSA) is 106 Å². The van der Waals surface area contributed by atoms with E-state index >= 15 is 0 Å². The van der Waals surface area contributed by atoms with Gasteiger partial charge >= 0.3 is 5.97 Å². The molecule has 7 nitrogen and oxygen atoms in total. The molecule has 0 aliphatic carbocycles. The van der Waals surface area contributed by atoms with Gasteiger partial charge in [0.1, 0.15) is 6.54 Å². The smallest absolute Gasteiger partial charge is 0.323 e. The van der Waals surface area contributed by atoms with Gasteiger partial charge < -0.3 is 20.3 Å². The van der Waals surface area contributed by atoms with Crippen LogP contribution in [-0.4, -0.2) is 35.1 Å². The van der Waals surface area contributed by atoms with E-state index in [4.69, 9.17) is 10.8 Å². The third kappa shape index (κ3) is 3.43. The van der Waals surface area contributed by atoms with Crippen LogP contribution >= 0.6 is 0 Å². The average Bonchev–Trinajstić information content (AvgIpc) is 2.45. The van der Waals surface area contributed by atoms with Gasteiger partial charge in [0.25, 0.3) is 5.56 Å². The third-order valence-corrected chi connectivity index (χ3v) is 3.37. The number of fused-ring (bicyclic) bond motifs is 1. The summed E-state index contributed by atoms with van der Waals surface area (Å²) in [4.78, 5) is 35.4. The van der Waals surface area contributed by atoms with E-state index in [1.807, 2.05) is 0 Å². The summed E-state index contributed by atoms with van der Waals surface area (Å²) in [6.07, 6.45) is 1.71. The number of nitrogens with zero attached hydrogens (tertiary/aromatic N) is 2. The number of pyridine rings is 1. The third-order valence-electron chi connectivity index (χ3n) is 3.37. The number of likely N-dealkylation sites (N-methyl/N-ethyl adjacent to an activating group) is 1. The van der Waals surface area contributed by atoms with Crippen LogP contribution in [0.25, 0.3) is 10.8 Å². The molecule has 1 aromatic heterocycles. The van der Waals surface area contributed by atoms with E-state index in [1.54, 1.807) is 42.4 Å². The average molecular weight is 303 g/mol. The van der Waals surface area contributed by atoms with Crippen LogP contribution in [0.5, 0.6) is 0 Å². The summed E-state index contributed by atoms with van der Waals surface area (Å²) in [6.45, 7) is 0.117. The molecule has 0 saturated carbocycles. The van der Waals surface area contributed by atoms with Gasteiger partial charge in [-0.05, 0) is 29.7 Å². The largest absolute Gasteiger partial charge is 0.480 e. The second-order valence-corrected chi connectivity index (χ2v) is 5.05. The van der Waals surface area contributed by atoms with Crippen LogP contribution in [0.3, 0.4) is 0 Å². The van der Waals surface area contributed by atoms with Crippen LogP contribution < -0.4 is 16.2 Å². The first-order valence-corrected chi connectivity index (χ1v) is 6.73. The van der Waals surface area contributed by atoms with Gasteiger partial charge in [-0.2, -0.15) is 0 Å². The van der Waals surface area contributed by atoms with Gasteiger partial charge in [0, 0.05) is 37.3 Å². The van der Waals surface area contributed by atoms with Crippen molar-refractivity contribution in [2.75, 3.05) is 18.5 Å². The monoisotopic (exact) mass is 303 g/mol. The summed E-state index contributed by atoms with van der Waals surface area (Å²) < 4.78 is 1.44. The van der Waals surface area contributed by atoms with Gasteiger partial charge in [-0.25, -0.2) is 0 Å². The first kappa shape index (κ1) is 15.6. The van der Waals surface area contributed by atoms with Crippen LogP contribution in [0.4, 0.5) is 5.69 Å². The van der Waals surface area contributed by atoms with E-state index in [9.17, 15) is 14.4 Å². The predicted octanol–water partition coefficient (Wildman–Crippen LogP) is 0.398. The number of aryl methyl sites for hydroxylation is 1. The van der Waals surface area contributed by atoms with Crippen LogP contribution in [-0.2, 0) is 16.1 Å². The van der Waals surface area contributed by atoms with Gasteiger partial charge in [0.15, 0.2) is 0 Å². The lowest BCUT2D eigenvalue weighted by molar-refractivity contribution is -0.135. The Labute approximate surface area is 126 Å². The first-order chi connectivity index (χ1) is 10.4. The molecule has 7 heteroatoms. The van der Waals surface area contributed by atoms with Crippen molar-refractivity contribution in [1.82, 2.24) is 4.57 Å². The van der Waals surface area contributed by atoms with Crippen molar-refractivity contribution >= 4 is 28.3 Å². The Bertz CT molecular complexity index is 782. The molecule has 2 aromatic rings. The summed E-state index contributed by atoms with van der Waals surface area (Å²) in [6, 6.07) is 6.88. The lowest BCUT2D eigenvalue weighted by atomic mass is 10.1. The number of primary amides is 1. The quantitative estimate of drug-likeness (QED) is 0.803. The fraction of sp³-hybridized carbons (Fsp3) is 0.267. The lowest BCUT2D eigenvalue weighted by Gasteiger charge is -2.17. The van der Waals surface area contributed by atoms with Gasteiger partial charge in [0.2, 0.25) is 5.91 Å². The van der Waals surface area contributed by atoms with Gasteiger partial charge in [-0.1, -0.05) is 0 Å². The Hall–Kier alpha value is -2.83. The number of aromatic nitrogens is 1. The number of amides is 1. The van der Waals surface area contributed by atoms with E-state index in [1.165, 1.54) is 4.57 Å². The van der Waals surface area contributed by atoms with E-state index in [2.05, 4.69) is 0 Å². The lowest BCUT2D eigenvalue weighted by Crippen LogP contribution is -2.25. The van der Waals surface area contributed by atoms with Gasteiger partial charge in [-0.3, -0.25) is 14.4 Å². The molecule has 2 rings (SSSR count). The van der Waals surface area contributed by atoms with Crippen molar-refractivity contribution in [3.05, 3.63) is 40.8 Å².